The summed E-state index contributed by atoms with van der Waals surface area (Å²) < 4.78 is 7.87. The van der Waals surface area contributed by atoms with Gasteiger partial charge < -0.3 is 9.64 Å². The monoisotopic (exact) mass is 375 g/mol. The fourth-order valence-electron chi connectivity index (χ4n) is 3.61. The molecule has 1 aliphatic heterocycles. The fourth-order valence-corrected chi connectivity index (χ4v) is 3.61. The van der Waals surface area contributed by atoms with Gasteiger partial charge in [-0.3, -0.25) is 9.48 Å². The molecule has 144 valence electrons. The predicted octanol–water partition coefficient (Wildman–Crippen LogP) is 4.06. The van der Waals surface area contributed by atoms with Crippen molar-refractivity contribution < 1.29 is 9.53 Å². The highest BCUT2D eigenvalue weighted by atomic mass is 16.5. The number of carbonyl (C=O) groups is 1. The lowest BCUT2D eigenvalue weighted by Crippen LogP contribution is -2.40. The van der Waals surface area contributed by atoms with Crippen LogP contribution >= 0.6 is 0 Å². The van der Waals surface area contributed by atoms with Crippen LogP contribution < -0.4 is 4.74 Å². The second-order valence-corrected chi connectivity index (χ2v) is 7.30. The second kappa shape index (κ2) is 7.89. The van der Waals surface area contributed by atoms with Gasteiger partial charge in [-0.25, -0.2) is 0 Å². The van der Waals surface area contributed by atoms with Gasteiger partial charge in [-0.15, -0.1) is 0 Å². The number of hydrogen-bond acceptors (Lipinski definition) is 3. The van der Waals surface area contributed by atoms with E-state index in [2.05, 4.69) is 31.2 Å². The number of rotatable bonds is 4. The molecule has 1 aromatic heterocycles. The molecule has 0 aliphatic carbocycles. The van der Waals surface area contributed by atoms with Crippen LogP contribution in [0.25, 0.3) is 11.3 Å². The Morgan fingerprint density at radius 1 is 1.07 bits per heavy atom. The molecule has 5 heteroatoms. The molecule has 5 nitrogen and oxygen atoms in total. The number of benzene rings is 2. The van der Waals surface area contributed by atoms with Crippen LogP contribution in [0.1, 0.15) is 24.6 Å². The minimum absolute atomic E-state index is 0.00982. The summed E-state index contributed by atoms with van der Waals surface area (Å²) in [4.78, 5) is 14.8. The molecule has 2 aromatic carbocycles. The first-order valence-electron chi connectivity index (χ1n) is 9.74. The van der Waals surface area contributed by atoms with Crippen molar-refractivity contribution in [2.45, 2.75) is 39.5 Å². The minimum Gasteiger partial charge on any atom is -0.481 e. The van der Waals surface area contributed by atoms with Crippen LogP contribution in [0.4, 0.5) is 0 Å². The Morgan fingerprint density at radius 2 is 1.89 bits per heavy atom. The van der Waals surface area contributed by atoms with E-state index in [1.807, 2.05) is 52.9 Å². The molecule has 0 saturated heterocycles. The number of hydrogen-bond donors (Lipinski definition) is 0. The SMILES string of the molecule is Cc1cccc(-c2cc3n(n2)CCCN(C(=O)C(C)Oc2ccccc2)C3)c1. The second-order valence-electron chi connectivity index (χ2n) is 7.30. The molecule has 1 aliphatic rings. The van der Waals surface area contributed by atoms with Gasteiger partial charge in [0.05, 0.1) is 17.9 Å². The molecule has 0 radical (unpaired) electrons. The molecule has 0 bridgehead atoms. The maximum Gasteiger partial charge on any atom is 0.263 e. The van der Waals surface area contributed by atoms with Crippen molar-refractivity contribution in [1.82, 2.24) is 14.7 Å². The van der Waals surface area contributed by atoms with Crippen LogP contribution in [0.5, 0.6) is 5.75 Å². The number of nitrogens with zero attached hydrogens (tertiary/aromatic N) is 3. The number of aromatic nitrogens is 2. The third-order valence-electron chi connectivity index (χ3n) is 5.04. The van der Waals surface area contributed by atoms with Gasteiger partial charge in [0.1, 0.15) is 5.75 Å². The van der Waals surface area contributed by atoms with Crippen molar-refractivity contribution in [3.63, 3.8) is 0 Å². The molecule has 1 unspecified atom stereocenters. The van der Waals surface area contributed by atoms with Gasteiger partial charge in [0, 0.05) is 18.7 Å². The van der Waals surface area contributed by atoms with Crippen LogP contribution in [0.2, 0.25) is 0 Å². The maximum atomic E-state index is 13.0. The Kier molecular flexibility index (Phi) is 5.15. The van der Waals surface area contributed by atoms with Gasteiger partial charge in [-0.05, 0) is 44.5 Å². The van der Waals surface area contributed by atoms with E-state index in [9.17, 15) is 4.79 Å². The standard InChI is InChI=1S/C23H25N3O2/c1-17-8-6-9-19(14-17)22-15-20-16-25(12-7-13-26(20)24-22)23(27)18(2)28-21-10-4-3-5-11-21/h3-6,8-11,14-15,18H,7,12-13,16H2,1-2H3. The average Bonchev–Trinajstić information content (AvgIpc) is 3.00. The summed E-state index contributed by atoms with van der Waals surface area (Å²) in [6.45, 7) is 5.98. The molecule has 0 fully saturated rings. The molecule has 28 heavy (non-hydrogen) atoms. The van der Waals surface area contributed by atoms with E-state index in [1.54, 1.807) is 0 Å². The largest absolute Gasteiger partial charge is 0.481 e. The first kappa shape index (κ1) is 18.3. The molecular weight excluding hydrogens is 350 g/mol. The van der Waals surface area contributed by atoms with Crippen LogP contribution in [0.3, 0.4) is 0 Å². The quantitative estimate of drug-likeness (QED) is 0.691. The summed E-state index contributed by atoms with van der Waals surface area (Å²) in [5, 5.41) is 4.78. The van der Waals surface area contributed by atoms with Crippen molar-refractivity contribution in [1.29, 1.82) is 0 Å². The third kappa shape index (κ3) is 3.93. The Labute approximate surface area is 165 Å². The number of para-hydroxylation sites is 1. The highest BCUT2D eigenvalue weighted by Gasteiger charge is 2.25. The zero-order valence-corrected chi connectivity index (χ0v) is 16.3. The van der Waals surface area contributed by atoms with Crippen LogP contribution in [-0.4, -0.2) is 33.2 Å². The Balaban J connectivity index is 1.50. The summed E-state index contributed by atoms with van der Waals surface area (Å²) in [6.07, 6.45) is 0.360. The molecule has 3 aromatic rings. The summed E-state index contributed by atoms with van der Waals surface area (Å²) in [5.41, 5.74) is 4.35. The lowest BCUT2D eigenvalue weighted by atomic mass is 10.1. The highest BCUT2D eigenvalue weighted by molar-refractivity contribution is 5.81. The van der Waals surface area contributed by atoms with Crippen molar-refractivity contribution in [2.75, 3.05) is 6.54 Å². The predicted molar refractivity (Wildman–Crippen MR) is 109 cm³/mol. The van der Waals surface area contributed by atoms with E-state index in [-0.39, 0.29) is 5.91 Å². The maximum absolute atomic E-state index is 13.0. The highest BCUT2D eigenvalue weighted by Crippen LogP contribution is 2.23. The summed E-state index contributed by atoms with van der Waals surface area (Å²) in [7, 11) is 0. The molecule has 0 spiro atoms. The molecule has 4 rings (SSSR count). The number of aryl methyl sites for hydroxylation is 2. The third-order valence-corrected chi connectivity index (χ3v) is 5.04. The van der Waals surface area contributed by atoms with Crippen LogP contribution in [0.15, 0.2) is 60.7 Å². The van der Waals surface area contributed by atoms with E-state index in [1.165, 1.54) is 5.56 Å². The topological polar surface area (TPSA) is 47.4 Å². The summed E-state index contributed by atoms with van der Waals surface area (Å²) in [6, 6.07) is 19.9. The van der Waals surface area contributed by atoms with E-state index >= 15 is 0 Å². The fraction of sp³-hybridized carbons (Fsp3) is 0.304. The lowest BCUT2D eigenvalue weighted by Gasteiger charge is -2.24. The first-order valence-corrected chi connectivity index (χ1v) is 9.74. The zero-order valence-electron chi connectivity index (χ0n) is 16.3. The van der Waals surface area contributed by atoms with Crippen LogP contribution in [-0.2, 0) is 17.9 Å². The summed E-state index contributed by atoms with van der Waals surface area (Å²) >= 11 is 0. The van der Waals surface area contributed by atoms with E-state index in [0.29, 0.717) is 18.8 Å². The van der Waals surface area contributed by atoms with Gasteiger partial charge in [-0.2, -0.15) is 5.10 Å². The summed E-state index contributed by atoms with van der Waals surface area (Å²) in [5.74, 6) is 0.723. The normalized spacial score (nSPS) is 14.9. The lowest BCUT2D eigenvalue weighted by molar-refractivity contribution is -0.138. The molecule has 1 atom stereocenters. The van der Waals surface area contributed by atoms with Crippen LogP contribution in [0, 0.1) is 6.92 Å². The van der Waals surface area contributed by atoms with Gasteiger partial charge in [-0.1, -0.05) is 42.0 Å². The zero-order chi connectivity index (χ0) is 19.5. The van der Waals surface area contributed by atoms with Gasteiger partial charge in [0.2, 0.25) is 0 Å². The number of fused-ring (bicyclic) bond motifs is 1. The Bertz CT molecular complexity index is 965. The Hall–Kier alpha value is -3.08. The van der Waals surface area contributed by atoms with E-state index < -0.39 is 6.10 Å². The van der Waals surface area contributed by atoms with Gasteiger partial charge >= 0.3 is 0 Å². The number of amides is 1. The van der Waals surface area contributed by atoms with E-state index in [0.717, 1.165) is 29.9 Å². The smallest absolute Gasteiger partial charge is 0.263 e. The van der Waals surface area contributed by atoms with Gasteiger partial charge in [0.15, 0.2) is 6.10 Å². The minimum atomic E-state index is -0.520. The molecular formula is C23H25N3O2. The molecule has 0 N–H and O–H groups in total. The van der Waals surface area contributed by atoms with Crippen molar-refractivity contribution >= 4 is 5.91 Å². The van der Waals surface area contributed by atoms with Crippen molar-refractivity contribution in [3.8, 4) is 17.0 Å². The average molecular weight is 375 g/mol. The van der Waals surface area contributed by atoms with Crippen molar-refractivity contribution in [2.24, 2.45) is 0 Å². The molecule has 2 heterocycles. The van der Waals surface area contributed by atoms with E-state index in [4.69, 9.17) is 9.84 Å². The molecule has 0 saturated carbocycles. The number of ether oxygens (including phenoxy) is 1. The van der Waals surface area contributed by atoms with Crippen molar-refractivity contribution in [3.05, 3.63) is 71.9 Å². The molecule has 1 amide bonds. The number of carbonyl (C=O) groups excluding carboxylic acids is 1. The van der Waals surface area contributed by atoms with Gasteiger partial charge in [0.25, 0.3) is 5.91 Å². The first-order chi connectivity index (χ1) is 13.6. The Morgan fingerprint density at radius 3 is 2.68 bits per heavy atom.